The Bertz CT molecular complexity index is 636. The molecule has 1 saturated heterocycles. The summed E-state index contributed by atoms with van der Waals surface area (Å²) in [5.74, 6) is -0.711. The van der Waals surface area contributed by atoms with E-state index >= 15 is 0 Å². The van der Waals surface area contributed by atoms with Crippen molar-refractivity contribution < 1.29 is 14.7 Å². The first-order chi connectivity index (χ1) is 12.1. The number of hydrogen-bond donors (Lipinski definition) is 1. The van der Waals surface area contributed by atoms with Crippen LogP contribution in [-0.2, 0) is 11.2 Å². The maximum Gasteiger partial charge on any atom is 0.306 e. The topological polar surface area (TPSA) is 60.9 Å². The number of anilines is 1. The van der Waals surface area contributed by atoms with Crippen LogP contribution in [0.2, 0.25) is 0 Å². The lowest BCUT2D eigenvalue weighted by atomic mass is 9.95. The molecule has 0 amide bonds. The fourth-order valence-electron chi connectivity index (χ4n) is 3.98. The minimum absolute atomic E-state index is 0.191. The highest BCUT2D eigenvalue weighted by Crippen LogP contribution is 2.28. The molecule has 1 aromatic carbocycles. The first kappa shape index (κ1) is 17.9. The number of carboxylic acids is 1. The molecule has 2 heterocycles. The van der Waals surface area contributed by atoms with Crippen LogP contribution in [0.3, 0.4) is 0 Å². The second kappa shape index (κ2) is 8.00. The molecule has 1 aromatic rings. The van der Waals surface area contributed by atoms with Gasteiger partial charge in [-0.05, 0) is 69.5 Å². The lowest BCUT2D eigenvalue weighted by Crippen LogP contribution is -2.37. The number of hydrogen-bond acceptors (Lipinski definition) is 4. The van der Waals surface area contributed by atoms with Crippen LogP contribution in [0.4, 0.5) is 5.69 Å². The number of ketones is 1. The molecule has 0 atom stereocenters. The number of benzene rings is 1. The number of carboxylic acid groups (broad SMARTS) is 1. The molecule has 2 aliphatic rings. The number of Topliss-reactive ketones (excluding diaryl/α,β-unsaturated/α-hetero) is 1. The summed E-state index contributed by atoms with van der Waals surface area (Å²) >= 11 is 0. The molecule has 3 rings (SSSR count). The van der Waals surface area contributed by atoms with Crippen molar-refractivity contribution in [3.05, 3.63) is 29.3 Å². The first-order valence-corrected chi connectivity index (χ1v) is 9.44. The van der Waals surface area contributed by atoms with E-state index in [1.807, 2.05) is 6.07 Å². The number of aliphatic carboxylic acids is 1. The zero-order chi connectivity index (χ0) is 17.8. The second-order valence-electron chi connectivity index (χ2n) is 7.15. The second-order valence-corrected chi connectivity index (χ2v) is 7.15. The van der Waals surface area contributed by atoms with Crippen LogP contribution in [0.1, 0.15) is 48.5 Å². The quantitative estimate of drug-likeness (QED) is 0.804. The van der Waals surface area contributed by atoms with E-state index in [9.17, 15) is 9.59 Å². The van der Waals surface area contributed by atoms with Gasteiger partial charge in [0.05, 0.1) is 5.92 Å². The fourth-order valence-corrected chi connectivity index (χ4v) is 3.98. The van der Waals surface area contributed by atoms with Gasteiger partial charge in [-0.1, -0.05) is 0 Å². The molecule has 1 fully saturated rings. The van der Waals surface area contributed by atoms with E-state index in [0.29, 0.717) is 19.3 Å². The Labute approximate surface area is 149 Å². The third-order valence-electron chi connectivity index (χ3n) is 5.59. The number of rotatable bonds is 6. The molecule has 0 aromatic heterocycles. The lowest BCUT2D eigenvalue weighted by molar-refractivity contribution is -0.143. The number of nitrogens with zero attached hydrogens (tertiary/aromatic N) is 2. The van der Waals surface area contributed by atoms with Gasteiger partial charge in [-0.2, -0.15) is 0 Å². The largest absolute Gasteiger partial charge is 0.481 e. The van der Waals surface area contributed by atoms with E-state index in [4.69, 9.17) is 5.11 Å². The van der Waals surface area contributed by atoms with Crippen LogP contribution in [0.5, 0.6) is 0 Å². The molecule has 0 spiro atoms. The monoisotopic (exact) mass is 344 g/mol. The highest BCUT2D eigenvalue weighted by atomic mass is 16.4. The zero-order valence-electron chi connectivity index (χ0n) is 15.0. The standard InChI is InChI=1S/C20H28N2O3/c1-2-22-10-3-4-16-14-17(5-6-18(16)22)19(23)9-13-21-11-7-15(8-12-21)20(24)25/h5-6,14-15H,2-4,7-13H2,1H3,(H,24,25). The van der Waals surface area contributed by atoms with Crippen LogP contribution in [-0.4, -0.2) is 54.5 Å². The zero-order valence-corrected chi connectivity index (χ0v) is 15.0. The van der Waals surface area contributed by atoms with Crippen molar-refractivity contribution >= 4 is 17.4 Å². The maximum absolute atomic E-state index is 12.6. The van der Waals surface area contributed by atoms with Crippen molar-refractivity contribution in [1.82, 2.24) is 4.90 Å². The molecule has 2 aliphatic heterocycles. The smallest absolute Gasteiger partial charge is 0.306 e. The Hall–Kier alpha value is -1.88. The molecular formula is C20H28N2O3. The number of fused-ring (bicyclic) bond motifs is 1. The van der Waals surface area contributed by atoms with Gasteiger partial charge in [-0.15, -0.1) is 0 Å². The minimum atomic E-state index is -0.689. The summed E-state index contributed by atoms with van der Waals surface area (Å²) < 4.78 is 0. The average Bonchev–Trinajstić information content (AvgIpc) is 2.65. The Balaban J connectivity index is 1.55. The van der Waals surface area contributed by atoms with Crippen molar-refractivity contribution in [1.29, 1.82) is 0 Å². The Morgan fingerprint density at radius 2 is 1.96 bits per heavy atom. The summed E-state index contributed by atoms with van der Waals surface area (Å²) in [6, 6.07) is 6.14. The van der Waals surface area contributed by atoms with Gasteiger partial charge >= 0.3 is 5.97 Å². The number of carbonyl (C=O) groups excluding carboxylic acids is 1. The Morgan fingerprint density at radius 1 is 1.20 bits per heavy atom. The van der Waals surface area contributed by atoms with Crippen LogP contribution in [0.25, 0.3) is 0 Å². The highest BCUT2D eigenvalue weighted by Gasteiger charge is 2.24. The average molecular weight is 344 g/mol. The summed E-state index contributed by atoms with van der Waals surface area (Å²) in [5, 5.41) is 9.05. The van der Waals surface area contributed by atoms with Crippen molar-refractivity contribution in [2.45, 2.75) is 39.0 Å². The molecule has 0 aliphatic carbocycles. The van der Waals surface area contributed by atoms with Gasteiger partial charge in [-0.25, -0.2) is 0 Å². The van der Waals surface area contributed by atoms with E-state index < -0.39 is 5.97 Å². The summed E-state index contributed by atoms with van der Waals surface area (Å²) in [4.78, 5) is 28.2. The highest BCUT2D eigenvalue weighted by molar-refractivity contribution is 5.96. The Morgan fingerprint density at radius 3 is 2.64 bits per heavy atom. The van der Waals surface area contributed by atoms with Crippen LogP contribution >= 0.6 is 0 Å². The molecule has 136 valence electrons. The van der Waals surface area contributed by atoms with Crippen molar-refractivity contribution in [3.63, 3.8) is 0 Å². The third-order valence-corrected chi connectivity index (χ3v) is 5.59. The third kappa shape index (κ3) is 4.21. The molecule has 5 nitrogen and oxygen atoms in total. The predicted molar refractivity (Wildman–Crippen MR) is 98.4 cm³/mol. The number of carbonyl (C=O) groups is 2. The SMILES string of the molecule is CCN1CCCc2cc(C(=O)CCN3CCC(C(=O)O)CC3)ccc21. The van der Waals surface area contributed by atoms with Crippen LogP contribution < -0.4 is 4.90 Å². The van der Waals surface area contributed by atoms with E-state index in [2.05, 4.69) is 28.9 Å². The van der Waals surface area contributed by atoms with E-state index in [-0.39, 0.29) is 11.7 Å². The number of likely N-dealkylation sites (tertiary alicyclic amines) is 1. The van der Waals surface area contributed by atoms with E-state index in [1.165, 1.54) is 11.3 Å². The Kier molecular flexibility index (Phi) is 5.74. The van der Waals surface area contributed by atoms with Crippen molar-refractivity contribution in [2.75, 3.05) is 37.6 Å². The van der Waals surface area contributed by atoms with Crippen molar-refractivity contribution in [3.8, 4) is 0 Å². The molecule has 25 heavy (non-hydrogen) atoms. The summed E-state index contributed by atoms with van der Waals surface area (Å²) in [5.41, 5.74) is 3.39. The van der Waals surface area contributed by atoms with Crippen molar-refractivity contribution in [2.24, 2.45) is 5.92 Å². The van der Waals surface area contributed by atoms with Gasteiger partial charge in [0.15, 0.2) is 5.78 Å². The molecule has 0 unspecified atom stereocenters. The van der Waals surface area contributed by atoms with Crippen LogP contribution in [0, 0.1) is 5.92 Å². The van der Waals surface area contributed by atoms with Gasteiger partial charge < -0.3 is 14.9 Å². The first-order valence-electron chi connectivity index (χ1n) is 9.44. The number of aryl methyl sites for hydroxylation is 1. The molecule has 1 N–H and O–H groups in total. The van der Waals surface area contributed by atoms with E-state index in [1.54, 1.807) is 0 Å². The molecule has 0 radical (unpaired) electrons. The van der Waals surface area contributed by atoms with E-state index in [0.717, 1.165) is 51.1 Å². The maximum atomic E-state index is 12.6. The van der Waals surface area contributed by atoms with Gasteiger partial charge in [-0.3, -0.25) is 9.59 Å². The predicted octanol–water partition coefficient (Wildman–Crippen LogP) is 2.83. The number of piperidine rings is 1. The summed E-state index contributed by atoms with van der Waals surface area (Å²) in [6.45, 7) is 6.56. The minimum Gasteiger partial charge on any atom is -0.481 e. The normalized spacial score (nSPS) is 18.8. The molecule has 5 heteroatoms. The van der Waals surface area contributed by atoms with Crippen LogP contribution in [0.15, 0.2) is 18.2 Å². The lowest BCUT2D eigenvalue weighted by Gasteiger charge is -2.31. The molecular weight excluding hydrogens is 316 g/mol. The molecule has 0 bridgehead atoms. The summed E-state index contributed by atoms with van der Waals surface area (Å²) in [7, 11) is 0. The van der Waals surface area contributed by atoms with Gasteiger partial charge in [0, 0.05) is 37.3 Å². The summed E-state index contributed by atoms with van der Waals surface area (Å²) in [6.07, 6.45) is 4.09. The molecule has 0 saturated carbocycles. The van der Waals surface area contributed by atoms with Gasteiger partial charge in [0.1, 0.15) is 0 Å². The van der Waals surface area contributed by atoms with Gasteiger partial charge in [0.2, 0.25) is 0 Å². The van der Waals surface area contributed by atoms with Gasteiger partial charge in [0.25, 0.3) is 0 Å². The fraction of sp³-hybridized carbons (Fsp3) is 0.600.